The Morgan fingerprint density at radius 1 is 1.23 bits per heavy atom. The molecule has 7 nitrogen and oxygen atoms in total. The fraction of sp³-hybridized carbons (Fsp3) is 0.263. The number of unbranched alkanes of at least 4 members (excludes halogenated alkanes) is 1. The number of esters is 1. The fourth-order valence-electron chi connectivity index (χ4n) is 2.86. The number of carbonyl (C=O) groups is 1. The Bertz CT molecular complexity index is 961. The number of aryl methyl sites for hydroxylation is 1. The first-order valence-electron chi connectivity index (χ1n) is 8.38. The van der Waals surface area contributed by atoms with E-state index in [0.29, 0.717) is 5.56 Å². The molecular formula is C19H19N3O4. The van der Waals surface area contributed by atoms with Crippen molar-refractivity contribution in [3.8, 4) is 11.4 Å². The van der Waals surface area contributed by atoms with E-state index in [0.717, 1.165) is 41.8 Å². The first-order valence-corrected chi connectivity index (χ1v) is 8.38. The highest BCUT2D eigenvalue weighted by Crippen LogP contribution is 2.28. The SMILES string of the molecule is CCCCn1c(-c2ccc([N+](=O)[O-])cc2)nc2ccc(C(=O)OC)cc21. The summed E-state index contributed by atoms with van der Waals surface area (Å²) in [5, 5.41) is 10.9. The fourth-order valence-corrected chi connectivity index (χ4v) is 2.86. The lowest BCUT2D eigenvalue weighted by atomic mass is 10.2. The summed E-state index contributed by atoms with van der Waals surface area (Å²) < 4.78 is 6.85. The molecular weight excluding hydrogens is 334 g/mol. The van der Waals surface area contributed by atoms with Gasteiger partial charge in [0.2, 0.25) is 0 Å². The van der Waals surface area contributed by atoms with Crippen molar-refractivity contribution in [1.29, 1.82) is 0 Å². The van der Waals surface area contributed by atoms with E-state index in [1.807, 2.05) is 4.57 Å². The van der Waals surface area contributed by atoms with Gasteiger partial charge in [0.1, 0.15) is 5.82 Å². The molecule has 0 atom stereocenters. The van der Waals surface area contributed by atoms with Crippen molar-refractivity contribution < 1.29 is 14.5 Å². The van der Waals surface area contributed by atoms with Crippen LogP contribution in [0.1, 0.15) is 30.1 Å². The zero-order valence-electron chi connectivity index (χ0n) is 14.6. The van der Waals surface area contributed by atoms with Gasteiger partial charge in [0, 0.05) is 24.2 Å². The van der Waals surface area contributed by atoms with Crippen molar-refractivity contribution in [3.05, 3.63) is 58.1 Å². The van der Waals surface area contributed by atoms with Gasteiger partial charge in [-0.05, 0) is 36.8 Å². The third-order valence-electron chi connectivity index (χ3n) is 4.24. The van der Waals surface area contributed by atoms with Crippen LogP contribution < -0.4 is 0 Å². The average molecular weight is 353 g/mol. The van der Waals surface area contributed by atoms with Gasteiger partial charge in [0.15, 0.2) is 0 Å². The minimum absolute atomic E-state index is 0.0398. The molecule has 3 rings (SSSR count). The lowest BCUT2D eigenvalue weighted by Gasteiger charge is -2.09. The molecule has 0 aliphatic heterocycles. The molecule has 1 heterocycles. The number of aromatic nitrogens is 2. The second-order valence-electron chi connectivity index (χ2n) is 5.94. The van der Waals surface area contributed by atoms with Gasteiger partial charge in [-0.1, -0.05) is 13.3 Å². The molecule has 2 aromatic carbocycles. The van der Waals surface area contributed by atoms with E-state index in [-0.39, 0.29) is 5.69 Å². The predicted octanol–water partition coefficient (Wildman–Crippen LogP) is 4.20. The summed E-state index contributed by atoms with van der Waals surface area (Å²) in [5.74, 6) is 0.331. The summed E-state index contributed by atoms with van der Waals surface area (Å²) in [5.41, 5.74) is 2.91. The molecule has 0 radical (unpaired) electrons. The molecule has 0 amide bonds. The number of nitrogens with zero attached hydrogens (tertiary/aromatic N) is 3. The van der Waals surface area contributed by atoms with Crippen LogP contribution in [0.15, 0.2) is 42.5 Å². The van der Waals surface area contributed by atoms with Gasteiger partial charge in [-0.25, -0.2) is 9.78 Å². The van der Waals surface area contributed by atoms with Crippen LogP contribution in [0.2, 0.25) is 0 Å². The van der Waals surface area contributed by atoms with E-state index in [2.05, 4.69) is 11.9 Å². The van der Waals surface area contributed by atoms with Crippen LogP contribution in [-0.4, -0.2) is 27.6 Å². The molecule has 0 aliphatic rings. The van der Waals surface area contributed by atoms with Crippen LogP contribution in [0.25, 0.3) is 22.4 Å². The summed E-state index contributed by atoms with van der Waals surface area (Å²) >= 11 is 0. The normalized spacial score (nSPS) is 10.8. The number of ether oxygens (including phenoxy) is 1. The van der Waals surface area contributed by atoms with E-state index in [9.17, 15) is 14.9 Å². The standard InChI is InChI=1S/C19H19N3O4/c1-3-4-11-21-17-12-14(19(23)26-2)7-10-16(17)20-18(21)13-5-8-15(9-6-13)22(24)25/h5-10,12H,3-4,11H2,1-2H3. The van der Waals surface area contributed by atoms with Crippen molar-refractivity contribution in [2.24, 2.45) is 0 Å². The van der Waals surface area contributed by atoms with E-state index in [1.165, 1.54) is 19.2 Å². The lowest BCUT2D eigenvalue weighted by molar-refractivity contribution is -0.384. The van der Waals surface area contributed by atoms with Crippen LogP contribution in [0, 0.1) is 10.1 Å². The van der Waals surface area contributed by atoms with Crippen LogP contribution in [0.4, 0.5) is 5.69 Å². The number of hydrogen-bond acceptors (Lipinski definition) is 5. The summed E-state index contributed by atoms with van der Waals surface area (Å²) in [6, 6.07) is 11.6. The van der Waals surface area contributed by atoms with Gasteiger partial charge in [0.25, 0.3) is 5.69 Å². The number of nitro benzene ring substituents is 1. The van der Waals surface area contributed by atoms with Gasteiger partial charge < -0.3 is 9.30 Å². The molecule has 26 heavy (non-hydrogen) atoms. The highest BCUT2D eigenvalue weighted by atomic mass is 16.6. The summed E-state index contributed by atoms with van der Waals surface area (Å²) in [4.78, 5) is 27.0. The maximum atomic E-state index is 11.8. The van der Waals surface area contributed by atoms with Gasteiger partial charge in [-0.2, -0.15) is 0 Å². The Kier molecular flexibility index (Phi) is 4.97. The molecule has 7 heteroatoms. The Labute approximate surface area is 150 Å². The molecule has 3 aromatic rings. The highest BCUT2D eigenvalue weighted by molar-refractivity contribution is 5.94. The highest BCUT2D eigenvalue weighted by Gasteiger charge is 2.16. The topological polar surface area (TPSA) is 87.3 Å². The third kappa shape index (κ3) is 3.28. The number of carbonyl (C=O) groups excluding carboxylic acids is 1. The van der Waals surface area contributed by atoms with Gasteiger partial charge >= 0.3 is 5.97 Å². The molecule has 1 aromatic heterocycles. The van der Waals surface area contributed by atoms with Crippen LogP contribution in [0.5, 0.6) is 0 Å². The molecule has 0 unspecified atom stereocenters. The van der Waals surface area contributed by atoms with Crippen LogP contribution >= 0.6 is 0 Å². The van der Waals surface area contributed by atoms with Crippen LogP contribution in [0.3, 0.4) is 0 Å². The smallest absolute Gasteiger partial charge is 0.337 e. The predicted molar refractivity (Wildman–Crippen MR) is 98.1 cm³/mol. The van der Waals surface area contributed by atoms with Crippen LogP contribution in [-0.2, 0) is 11.3 Å². The van der Waals surface area contributed by atoms with Crippen molar-refractivity contribution in [2.45, 2.75) is 26.3 Å². The molecule has 0 spiro atoms. The van der Waals surface area contributed by atoms with Gasteiger partial charge in [0.05, 0.1) is 28.6 Å². The van der Waals surface area contributed by atoms with Gasteiger partial charge in [-0.3, -0.25) is 10.1 Å². The summed E-state index contributed by atoms with van der Waals surface area (Å²) in [6.07, 6.45) is 1.96. The lowest BCUT2D eigenvalue weighted by Crippen LogP contribution is -2.03. The number of hydrogen-bond donors (Lipinski definition) is 0. The molecule has 0 fully saturated rings. The number of nitro groups is 1. The van der Waals surface area contributed by atoms with Gasteiger partial charge in [-0.15, -0.1) is 0 Å². The Morgan fingerprint density at radius 3 is 2.58 bits per heavy atom. The molecule has 0 saturated carbocycles. The first-order chi connectivity index (χ1) is 12.5. The largest absolute Gasteiger partial charge is 0.465 e. The Balaban J connectivity index is 2.13. The number of fused-ring (bicyclic) bond motifs is 1. The second kappa shape index (κ2) is 7.35. The van der Waals surface area contributed by atoms with Crippen molar-refractivity contribution >= 4 is 22.7 Å². The Hall–Kier alpha value is -3.22. The van der Waals surface area contributed by atoms with Crippen molar-refractivity contribution in [2.75, 3.05) is 7.11 Å². The van der Waals surface area contributed by atoms with E-state index >= 15 is 0 Å². The molecule has 0 bridgehead atoms. The van der Waals surface area contributed by atoms with E-state index in [4.69, 9.17) is 4.74 Å². The number of non-ortho nitro benzene ring substituents is 1. The number of imidazole rings is 1. The number of methoxy groups -OCH3 is 1. The number of benzene rings is 2. The van der Waals surface area contributed by atoms with E-state index < -0.39 is 10.9 Å². The third-order valence-corrected chi connectivity index (χ3v) is 4.24. The maximum absolute atomic E-state index is 11.8. The number of rotatable bonds is 6. The van der Waals surface area contributed by atoms with E-state index in [1.54, 1.807) is 30.3 Å². The Morgan fingerprint density at radius 2 is 1.96 bits per heavy atom. The molecule has 0 saturated heterocycles. The molecule has 134 valence electrons. The second-order valence-corrected chi connectivity index (χ2v) is 5.94. The zero-order chi connectivity index (χ0) is 18.7. The maximum Gasteiger partial charge on any atom is 0.337 e. The molecule has 0 aliphatic carbocycles. The van der Waals surface area contributed by atoms with Crippen molar-refractivity contribution in [1.82, 2.24) is 9.55 Å². The van der Waals surface area contributed by atoms with Crippen molar-refractivity contribution in [3.63, 3.8) is 0 Å². The zero-order valence-corrected chi connectivity index (χ0v) is 14.6. The minimum atomic E-state index is -0.424. The minimum Gasteiger partial charge on any atom is -0.465 e. The molecule has 0 N–H and O–H groups in total. The monoisotopic (exact) mass is 353 g/mol. The summed E-state index contributed by atoms with van der Waals surface area (Å²) in [6.45, 7) is 2.84. The summed E-state index contributed by atoms with van der Waals surface area (Å²) in [7, 11) is 1.35. The average Bonchev–Trinajstić information content (AvgIpc) is 3.03. The first kappa shape index (κ1) is 17.6. The quantitative estimate of drug-likeness (QED) is 0.376.